The Morgan fingerprint density at radius 3 is 2.34 bits per heavy atom. The zero-order valence-electron chi connectivity index (χ0n) is 17.1. The molecule has 0 fully saturated rings. The summed E-state index contributed by atoms with van der Waals surface area (Å²) in [5.41, 5.74) is 0.867. The standard InChI is InChI=1S/C21H28N2O5S/c1-5-15(2)23-29(25,26)18-12-10-17(11-13-18)28-14-21(24)22-16(3)19-8-6-7-9-20(19)27-4/h6-13,15-16,23H,5,14H2,1-4H3,(H,22,24)/t15-,16+/m1/s1. The molecular formula is C21H28N2O5S. The summed E-state index contributed by atoms with van der Waals surface area (Å²) in [6.07, 6.45) is 0.697. The Morgan fingerprint density at radius 2 is 1.72 bits per heavy atom. The zero-order valence-corrected chi connectivity index (χ0v) is 18.0. The molecule has 0 unspecified atom stereocenters. The average molecular weight is 421 g/mol. The molecule has 2 aromatic carbocycles. The van der Waals surface area contributed by atoms with Gasteiger partial charge in [0.1, 0.15) is 11.5 Å². The fourth-order valence-electron chi connectivity index (χ4n) is 2.67. The number of carbonyl (C=O) groups excluding carboxylic acids is 1. The molecule has 0 aliphatic heterocycles. The molecule has 158 valence electrons. The molecule has 2 aromatic rings. The van der Waals surface area contributed by atoms with Gasteiger partial charge in [-0.1, -0.05) is 25.1 Å². The molecule has 0 aliphatic carbocycles. The first-order valence-electron chi connectivity index (χ1n) is 9.44. The lowest BCUT2D eigenvalue weighted by molar-refractivity contribution is -0.123. The Hall–Kier alpha value is -2.58. The van der Waals surface area contributed by atoms with E-state index in [0.29, 0.717) is 17.9 Å². The van der Waals surface area contributed by atoms with E-state index in [-0.39, 0.29) is 29.5 Å². The third-order valence-electron chi connectivity index (χ3n) is 4.46. The molecule has 8 heteroatoms. The van der Waals surface area contributed by atoms with E-state index in [1.54, 1.807) is 14.0 Å². The number of ether oxygens (including phenoxy) is 2. The normalized spacial score (nSPS) is 13.4. The molecule has 2 atom stereocenters. The highest BCUT2D eigenvalue weighted by atomic mass is 32.2. The van der Waals surface area contributed by atoms with Crippen LogP contribution in [0.15, 0.2) is 53.4 Å². The van der Waals surface area contributed by atoms with Crippen molar-refractivity contribution in [3.05, 3.63) is 54.1 Å². The van der Waals surface area contributed by atoms with Crippen molar-refractivity contribution in [1.82, 2.24) is 10.0 Å². The molecule has 0 heterocycles. The van der Waals surface area contributed by atoms with Gasteiger partial charge in [-0.15, -0.1) is 0 Å². The van der Waals surface area contributed by atoms with E-state index in [2.05, 4.69) is 10.0 Å². The van der Waals surface area contributed by atoms with Crippen molar-refractivity contribution in [2.75, 3.05) is 13.7 Å². The molecule has 29 heavy (non-hydrogen) atoms. The molecule has 0 bridgehead atoms. The molecule has 7 nitrogen and oxygen atoms in total. The maximum Gasteiger partial charge on any atom is 0.258 e. The molecular weight excluding hydrogens is 392 g/mol. The van der Waals surface area contributed by atoms with Crippen LogP contribution in [-0.4, -0.2) is 34.1 Å². The van der Waals surface area contributed by atoms with Gasteiger partial charge in [-0.2, -0.15) is 0 Å². The second kappa shape index (κ2) is 10.3. The Labute approximate surface area is 172 Å². The third kappa shape index (κ3) is 6.47. The minimum Gasteiger partial charge on any atom is -0.496 e. The van der Waals surface area contributed by atoms with Crippen LogP contribution in [0.5, 0.6) is 11.5 Å². The summed E-state index contributed by atoms with van der Waals surface area (Å²) in [4.78, 5) is 12.3. The van der Waals surface area contributed by atoms with Crippen molar-refractivity contribution in [3.63, 3.8) is 0 Å². The number of hydrogen-bond donors (Lipinski definition) is 2. The molecule has 0 aromatic heterocycles. The number of carbonyl (C=O) groups is 1. The van der Waals surface area contributed by atoms with Crippen molar-refractivity contribution >= 4 is 15.9 Å². The monoisotopic (exact) mass is 420 g/mol. The molecule has 2 N–H and O–H groups in total. The van der Waals surface area contributed by atoms with Crippen molar-refractivity contribution in [2.24, 2.45) is 0 Å². The van der Waals surface area contributed by atoms with Gasteiger partial charge >= 0.3 is 0 Å². The highest BCUT2D eigenvalue weighted by Gasteiger charge is 2.17. The van der Waals surface area contributed by atoms with Crippen LogP contribution in [0.1, 0.15) is 38.8 Å². The summed E-state index contributed by atoms with van der Waals surface area (Å²) in [5.74, 6) is 0.815. The predicted molar refractivity (Wildman–Crippen MR) is 112 cm³/mol. The largest absolute Gasteiger partial charge is 0.496 e. The second-order valence-electron chi connectivity index (χ2n) is 6.72. The number of benzene rings is 2. The molecule has 0 spiro atoms. The third-order valence-corrected chi connectivity index (χ3v) is 6.06. The summed E-state index contributed by atoms with van der Waals surface area (Å²) in [6.45, 7) is 5.39. The van der Waals surface area contributed by atoms with Crippen LogP contribution >= 0.6 is 0 Å². The van der Waals surface area contributed by atoms with Gasteiger partial charge in [0.15, 0.2) is 6.61 Å². The number of sulfonamides is 1. The fourth-order valence-corrected chi connectivity index (χ4v) is 3.99. The van der Waals surface area contributed by atoms with E-state index in [4.69, 9.17) is 9.47 Å². The van der Waals surface area contributed by atoms with Crippen LogP contribution in [0, 0.1) is 0 Å². The summed E-state index contributed by atoms with van der Waals surface area (Å²) in [5, 5.41) is 2.85. The van der Waals surface area contributed by atoms with Gasteiger partial charge < -0.3 is 14.8 Å². The van der Waals surface area contributed by atoms with Crippen LogP contribution in [0.25, 0.3) is 0 Å². The Kier molecular flexibility index (Phi) is 8.04. The van der Waals surface area contributed by atoms with E-state index in [1.165, 1.54) is 24.3 Å². The van der Waals surface area contributed by atoms with Gasteiger partial charge in [0, 0.05) is 11.6 Å². The average Bonchev–Trinajstić information content (AvgIpc) is 2.72. The van der Waals surface area contributed by atoms with Crippen molar-refractivity contribution in [2.45, 2.75) is 44.2 Å². The van der Waals surface area contributed by atoms with Gasteiger partial charge in [0.25, 0.3) is 5.91 Å². The lowest BCUT2D eigenvalue weighted by Crippen LogP contribution is -2.32. The summed E-state index contributed by atoms with van der Waals surface area (Å²) >= 11 is 0. The number of nitrogens with one attached hydrogen (secondary N) is 2. The van der Waals surface area contributed by atoms with Crippen molar-refractivity contribution in [3.8, 4) is 11.5 Å². The van der Waals surface area contributed by atoms with Crippen LogP contribution in [0.4, 0.5) is 0 Å². The molecule has 0 radical (unpaired) electrons. The van der Waals surface area contributed by atoms with Crippen LogP contribution < -0.4 is 19.5 Å². The molecule has 0 saturated carbocycles. The second-order valence-corrected chi connectivity index (χ2v) is 8.44. The summed E-state index contributed by atoms with van der Waals surface area (Å²) < 4.78 is 37.9. The van der Waals surface area contributed by atoms with Crippen LogP contribution in [-0.2, 0) is 14.8 Å². The predicted octanol–water partition coefficient (Wildman–Crippen LogP) is 3.03. The Morgan fingerprint density at radius 1 is 1.07 bits per heavy atom. The summed E-state index contributed by atoms with van der Waals surface area (Å²) in [6, 6.07) is 13.0. The fraction of sp³-hybridized carbons (Fsp3) is 0.381. The quantitative estimate of drug-likeness (QED) is 0.616. The van der Waals surface area contributed by atoms with Crippen molar-refractivity contribution in [1.29, 1.82) is 0 Å². The molecule has 0 aliphatic rings. The topological polar surface area (TPSA) is 93.7 Å². The Balaban J connectivity index is 1.92. The highest BCUT2D eigenvalue weighted by Crippen LogP contribution is 2.24. The number of hydrogen-bond acceptors (Lipinski definition) is 5. The molecule has 2 rings (SSSR count). The lowest BCUT2D eigenvalue weighted by atomic mass is 10.1. The molecule has 0 saturated heterocycles. The minimum absolute atomic E-state index is 0.148. The van der Waals surface area contributed by atoms with Gasteiger partial charge in [0.2, 0.25) is 10.0 Å². The van der Waals surface area contributed by atoms with Gasteiger partial charge in [-0.3, -0.25) is 4.79 Å². The number of amides is 1. The van der Waals surface area contributed by atoms with Gasteiger partial charge in [-0.25, -0.2) is 13.1 Å². The SMILES string of the molecule is CC[C@@H](C)NS(=O)(=O)c1ccc(OCC(=O)N[C@@H](C)c2ccccc2OC)cc1. The van der Waals surface area contributed by atoms with E-state index in [0.717, 1.165) is 5.56 Å². The van der Waals surface area contributed by atoms with Gasteiger partial charge in [0.05, 0.1) is 18.0 Å². The first kappa shape index (κ1) is 22.7. The maximum absolute atomic E-state index is 12.3. The van der Waals surface area contributed by atoms with Crippen molar-refractivity contribution < 1.29 is 22.7 Å². The maximum atomic E-state index is 12.3. The van der Waals surface area contributed by atoms with E-state index >= 15 is 0 Å². The number of rotatable bonds is 10. The first-order chi connectivity index (χ1) is 13.8. The van der Waals surface area contributed by atoms with Gasteiger partial charge in [-0.05, 0) is 50.6 Å². The van der Waals surface area contributed by atoms with E-state index < -0.39 is 10.0 Å². The van der Waals surface area contributed by atoms with E-state index in [9.17, 15) is 13.2 Å². The summed E-state index contributed by atoms with van der Waals surface area (Å²) in [7, 11) is -1.99. The zero-order chi connectivity index (χ0) is 21.4. The number of para-hydroxylation sites is 1. The molecule has 1 amide bonds. The first-order valence-corrected chi connectivity index (χ1v) is 10.9. The van der Waals surface area contributed by atoms with Crippen LogP contribution in [0.2, 0.25) is 0 Å². The smallest absolute Gasteiger partial charge is 0.258 e. The highest BCUT2D eigenvalue weighted by molar-refractivity contribution is 7.89. The lowest BCUT2D eigenvalue weighted by Gasteiger charge is -2.17. The van der Waals surface area contributed by atoms with Crippen LogP contribution in [0.3, 0.4) is 0 Å². The minimum atomic E-state index is -3.57. The Bertz CT molecular complexity index is 913. The number of methoxy groups -OCH3 is 1. The van der Waals surface area contributed by atoms with E-state index in [1.807, 2.05) is 38.1 Å².